The van der Waals surface area contributed by atoms with Crippen LogP contribution < -0.4 is 15.8 Å². The van der Waals surface area contributed by atoms with Gasteiger partial charge in [-0.3, -0.25) is 9.36 Å². The normalized spacial score (nSPS) is 23.2. The number of imidazole rings is 1. The minimum absolute atomic E-state index is 0.0268. The summed E-state index contributed by atoms with van der Waals surface area (Å²) < 4.78 is 18.2. The largest absolute Gasteiger partial charge is 0.491 e. The summed E-state index contributed by atoms with van der Waals surface area (Å²) in [5, 5.41) is 33.6. The summed E-state index contributed by atoms with van der Waals surface area (Å²) in [5.74, 6) is 0.538. The Morgan fingerprint density at radius 3 is 2.71 bits per heavy atom. The van der Waals surface area contributed by atoms with Gasteiger partial charge in [-0.25, -0.2) is 15.0 Å². The van der Waals surface area contributed by atoms with E-state index in [-0.39, 0.29) is 31.5 Å². The molecule has 1 fully saturated rings. The highest BCUT2D eigenvalue weighted by molar-refractivity contribution is 5.88. The molecular weight excluding hydrogens is 448 g/mol. The lowest BCUT2D eigenvalue weighted by atomic mass is 10.1. The molecule has 0 saturated carbocycles. The van der Waals surface area contributed by atoms with Crippen LogP contribution in [0.1, 0.15) is 13.2 Å². The summed E-state index contributed by atoms with van der Waals surface area (Å²) in [4.78, 5) is 23.2. The first-order valence-electron chi connectivity index (χ1n) is 10.5. The van der Waals surface area contributed by atoms with Crippen molar-refractivity contribution >= 4 is 28.6 Å². The number of hydrogen-bond acceptors (Lipinski definition) is 11. The molecule has 2 aromatic heterocycles. The number of aliphatic hydroxyl groups excluding tert-OH is 3. The van der Waals surface area contributed by atoms with Gasteiger partial charge in [0.05, 0.1) is 19.5 Å². The number of anilines is 2. The molecule has 13 nitrogen and oxygen atoms in total. The van der Waals surface area contributed by atoms with Gasteiger partial charge in [-0.05, 0) is 24.3 Å². The van der Waals surface area contributed by atoms with Crippen molar-refractivity contribution in [3.63, 3.8) is 0 Å². The molecule has 1 amide bonds. The number of nitrogen functional groups attached to an aromatic ring is 1. The van der Waals surface area contributed by atoms with E-state index in [9.17, 15) is 20.1 Å². The molecule has 182 valence electrons. The Balaban J connectivity index is 1.25. The summed E-state index contributed by atoms with van der Waals surface area (Å²) >= 11 is 0. The Labute approximate surface area is 194 Å². The monoisotopic (exact) mass is 474 g/mol. The van der Waals surface area contributed by atoms with Crippen LogP contribution in [0.15, 0.2) is 36.9 Å². The van der Waals surface area contributed by atoms with Crippen LogP contribution >= 0.6 is 0 Å². The van der Waals surface area contributed by atoms with Gasteiger partial charge < -0.3 is 40.6 Å². The Morgan fingerprint density at radius 2 is 1.97 bits per heavy atom. The summed E-state index contributed by atoms with van der Waals surface area (Å²) in [5.41, 5.74) is 7.15. The van der Waals surface area contributed by atoms with Gasteiger partial charge in [-0.2, -0.15) is 0 Å². The molecule has 0 bridgehead atoms. The second kappa shape index (κ2) is 10.3. The van der Waals surface area contributed by atoms with E-state index in [1.807, 2.05) is 0 Å². The zero-order valence-corrected chi connectivity index (χ0v) is 18.3. The van der Waals surface area contributed by atoms with Gasteiger partial charge in [0, 0.05) is 12.6 Å². The molecule has 3 heterocycles. The maximum absolute atomic E-state index is 11.0. The molecule has 0 aliphatic carbocycles. The number of carbonyl (C=O) groups is 1. The second-order valence-corrected chi connectivity index (χ2v) is 7.84. The maximum Gasteiger partial charge on any atom is 0.221 e. The smallest absolute Gasteiger partial charge is 0.221 e. The van der Waals surface area contributed by atoms with Crippen molar-refractivity contribution in [2.45, 2.75) is 37.6 Å². The zero-order valence-electron chi connectivity index (χ0n) is 18.3. The number of rotatable bonds is 9. The molecule has 0 spiro atoms. The second-order valence-electron chi connectivity index (χ2n) is 7.84. The maximum atomic E-state index is 11.0. The predicted molar refractivity (Wildman–Crippen MR) is 119 cm³/mol. The molecule has 5 atom stereocenters. The SMILES string of the molecule is CC(=O)Nc1ccc(OCC(O)COC[C@H]2O[C@@H](n3cnc4c(N)ncnc43)[C@H](O)[C@@H]2O)cc1. The number of nitrogens with zero attached hydrogens (tertiary/aromatic N) is 4. The molecular formula is C21H26N6O7. The van der Waals surface area contributed by atoms with Crippen molar-refractivity contribution in [2.75, 3.05) is 30.9 Å². The van der Waals surface area contributed by atoms with E-state index in [4.69, 9.17) is 19.9 Å². The van der Waals surface area contributed by atoms with E-state index in [1.165, 1.54) is 24.1 Å². The topological polar surface area (TPSA) is 187 Å². The third-order valence-electron chi connectivity index (χ3n) is 5.21. The average molecular weight is 474 g/mol. The first-order chi connectivity index (χ1) is 16.3. The van der Waals surface area contributed by atoms with Crippen molar-refractivity contribution in [1.82, 2.24) is 19.5 Å². The van der Waals surface area contributed by atoms with Crippen molar-refractivity contribution in [3.8, 4) is 5.75 Å². The number of aromatic nitrogens is 4. The number of aliphatic hydroxyl groups is 3. The van der Waals surface area contributed by atoms with Crippen LogP contribution in [-0.4, -0.2) is 85.0 Å². The predicted octanol–water partition coefficient (Wildman–Crippen LogP) is -0.557. The fraction of sp³-hybridized carbons (Fsp3) is 0.429. The third-order valence-corrected chi connectivity index (χ3v) is 5.21. The highest BCUT2D eigenvalue weighted by Crippen LogP contribution is 2.32. The van der Waals surface area contributed by atoms with Crippen LogP contribution in [-0.2, 0) is 14.3 Å². The number of carbonyl (C=O) groups excluding carboxylic acids is 1. The molecule has 1 unspecified atom stereocenters. The summed E-state index contributed by atoms with van der Waals surface area (Å²) in [6.07, 6.45) is -2.53. The van der Waals surface area contributed by atoms with Crippen molar-refractivity contribution in [1.29, 1.82) is 0 Å². The minimum atomic E-state index is -1.25. The van der Waals surface area contributed by atoms with Crippen molar-refractivity contribution in [2.24, 2.45) is 0 Å². The van der Waals surface area contributed by atoms with E-state index < -0.39 is 30.6 Å². The van der Waals surface area contributed by atoms with Gasteiger partial charge in [0.2, 0.25) is 5.91 Å². The van der Waals surface area contributed by atoms with Crippen LogP contribution in [0.5, 0.6) is 5.75 Å². The Kier molecular flexibility index (Phi) is 7.19. The van der Waals surface area contributed by atoms with Gasteiger partial charge in [0.25, 0.3) is 0 Å². The minimum Gasteiger partial charge on any atom is -0.491 e. The van der Waals surface area contributed by atoms with E-state index in [1.54, 1.807) is 24.3 Å². The number of nitrogens with two attached hydrogens (primary N) is 1. The first kappa shape index (κ1) is 23.8. The summed E-state index contributed by atoms with van der Waals surface area (Å²) in [6, 6.07) is 6.71. The molecule has 3 aromatic rings. The number of benzene rings is 1. The van der Waals surface area contributed by atoms with Crippen molar-refractivity contribution < 1.29 is 34.3 Å². The zero-order chi connectivity index (χ0) is 24.2. The fourth-order valence-corrected chi connectivity index (χ4v) is 3.55. The molecule has 34 heavy (non-hydrogen) atoms. The number of ether oxygens (including phenoxy) is 3. The standard InChI is InChI=1S/C21H26N6O7/c1-11(28)26-12-2-4-14(5-3-12)33-7-13(29)6-32-8-15-17(30)18(31)21(34-15)27-10-25-16-19(22)23-9-24-20(16)27/h2-5,9-10,13,15,17-18,21,29-31H,6-8H2,1H3,(H,26,28)(H2,22,23,24)/t13?,15-,17-,18-,21-/m1/s1. The number of hydrogen-bond donors (Lipinski definition) is 5. The van der Waals surface area contributed by atoms with E-state index in [2.05, 4.69) is 20.3 Å². The van der Waals surface area contributed by atoms with E-state index >= 15 is 0 Å². The lowest BCUT2D eigenvalue weighted by molar-refractivity contribution is -0.114. The number of fused-ring (bicyclic) bond motifs is 1. The van der Waals surface area contributed by atoms with Gasteiger partial charge >= 0.3 is 0 Å². The quantitative estimate of drug-likeness (QED) is 0.267. The van der Waals surface area contributed by atoms with Crippen LogP contribution in [0.2, 0.25) is 0 Å². The van der Waals surface area contributed by atoms with Gasteiger partial charge in [0.1, 0.15) is 48.6 Å². The van der Waals surface area contributed by atoms with Crippen LogP contribution in [0.3, 0.4) is 0 Å². The summed E-state index contributed by atoms with van der Waals surface area (Å²) in [7, 11) is 0. The highest BCUT2D eigenvalue weighted by Gasteiger charge is 2.44. The summed E-state index contributed by atoms with van der Waals surface area (Å²) in [6.45, 7) is 1.25. The van der Waals surface area contributed by atoms with E-state index in [0.717, 1.165) is 0 Å². The fourth-order valence-electron chi connectivity index (χ4n) is 3.55. The highest BCUT2D eigenvalue weighted by atomic mass is 16.6. The molecule has 4 rings (SSSR count). The molecule has 1 aliphatic heterocycles. The molecule has 6 N–H and O–H groups in total. The van der Waals surface area contributed by atoms with Crippen LogP contribution in [0, 0.1) is 0 Å². The lowest BCUT2D eigenvalue weighted by Crippen LogP contribution is -2.35. The van der Waals surface area contributed by atoms with Crippen LogP contribution in [0.25, 0.3) is 11.2 Å². The Bertz CT molecular complexity index is 1120. The average Bonchev–Trinajstić information content (AvgIpc) is 3.35. The molecule has 13 heteroatoms. The first-order valence-corrected chi connectivity index (χ1v) is 10.5. The molecule has 0 radical (unpaired) electrons. The molecule has 1 aliphatic rings. The molecule has 1 aromatic carbocycles. The van der Waals surface area contributed by atoms with E-state index in [0.29, 0.717) is 22.6 Å². The van der Waals surface area contributed by atoms with Gasteiger partial charge in [-0.15, -0.1) is 0 Å². The number of amides is 1. The third kappa shape index (κ3) is 5.24. The lowest BCUT2D eigenvalue weighted by Gasteiger charge is -2.17. The van der Waals surface area contributed by atoms with Crippen molar-refractivity contribution in [3.05, 3.63) is 36.9 Å². The molecule has 1 saturated heterocycles. The van der Waals surface area contributed by atoms with Gasteiger partial charge in [-0.1, -0.05) is 0 Å². The van der Waals surface area contributed by atoms with Gasteiger partial charge in [0.15, 0.2) is 17.7 Å². The Morgan fingerprint density at radius 1 is 1.21 bits per heavy atom. The van der Waals surface area contributed by atoms with Crippen LogP contribution in [0.4, 0.5) is 11.5 Å². The Hall–Kier alpha value is -3.36. The number of nitrogens with one attached hydrogen (secondary N) is 1.